The summed E-state index contributed by atoms with van der Waals surface area (Å²) in [5.41, 5.74) is 1.28. The standard InChI is InChI=1S/C17H20N2O6/c1-22-14-8-6-12(19(20)21)9-13(14)18-10-11-5-7-15(23-2)17(25-4)16(11)24-3/h5-9,18H,10H2,1-4H3. The number of methoxy groups -OCH3 is 4. The molecule has 0 spiro atoms. The molecule has 0 fully saturated rings. The monoisotopic (exact) mass is 348 g/mol. The van der Waals surface area contributed by atoms with Crippen molar-refractivity contribution in [1.29, 1.82) is 0 Å². The van der Waals surface area contributed by atoms with E-state index in [0.717, 1.165) is 5.56 Å². The Kier molecular flexibility index (Phi) is 5.89. The van der Waals surface area contributed by atoms with E-state index in [2.05, 4.69) is 5.32 Å². The fourth-order valence-electron chi connectivity index (χ4n) is 2.44. The Morgan fingerprint density at radius 3 is 2.12 bits per heavy atom. The molecule has 0 aromatic heterocycles. The molecule has 0 heterocycles. The van der Waals surface area contributed by atoms with E-state index in [1.54, 1.807) is 19.2 Å². The molecule has 8 nitrogen and oxygen atoms in total. The molecular formula is C17H20N2O6. The van der Waals surface area contributed by atoms with E-state index in [4.69, 9.17) is 18.9 Å². The van der Waals surface area contributed by atoms with Crippen molar-refractivity contribution in [2.75, 3.05) is 33.8 Å². The van der Waals surface area contributed by atoms with Gasteiger partial charge in [0.15, 0.2) is 11.5 Å². The van der Waals surface area contributed by atoms with Gasteiger partial charge in [0, 0.05) is 24.2 Å². The van der Waals surface area contributed by atoms with Gasteiger partial charge >= 0.3 is 0 Å². The zero-order valence-electron chi connectivity index (χ0n) is 14.5. The molecule has 0 amide bonds. The molecule has 2 rings (SSSR count). The zero-order valence-corrected chi connectivity index (χ0v) is 14.5. The molecular weight excluding hydrogens is 328 g/mol. The summed E-state index contributed by atoms with van der Waals surface area (Å²) in [5, 5.41) is 14.1. The Balaban J connectivity index is 2.32. The first kappa shape index (κ1) is 18.2. The summed E-state index contributed by atoms with van der Waals surface area (Å²) in [6, 6.07) is 7.96. The lowest BCUT2D eigenvalue weighted by Gasteiger charge is -2.17. The van der Waals surface area contributed by atoms with Gasteiger partial charge in [-0.2, -0.15) is 0 Å². The molecule has 0 aliphatic heterocycles. The normalized spacial score (nSPS) is 10.1. The van der Waals surface area contributed by atoms with Crippen LogP contribution in [0.2, 0.25) is 0 Å². The van der Waals surface area contributed by atoms with Gasteiger partial charge in [-0.25, -0.2) is 0 Å². The van der Waals surface area contributed by atoms with Gasteiger partial charge < -0.3 is 24.3 Å². The number of nitrogens with one attached hydrogen (secondary N) is 1. The summed E-state index contributed by atoms with van der Waals surface area (Å²) >= 11 is 0. The smallest absolute Gasteiger partial charge is 0.271 e. The summed E-state index contributed by atoms with van der Waals surface area (Å²) in [4.78, 5) is 10.5. The molecule has 0 radical (unpaired) electrons. The summed E-state index contributed by atoms with van der Waals surface area (Å²) in [7, 11) is 6.11. The molecule has 1 N–H and O–H groups in total. The first-order valence-electron chi connectivity index (χ1n) is 7.39. The predicted molar refractivity (Wildman–Crippen MR) is 93.1 cm³/mol. The molecule has 8 heteroatoms. The van der Waals surface area contributed by atoms with Gasteiger partial charge in [-0.1, -0.05) is 0 Å². The number of rotatable bonds is 8. The Labute approximate surface area is 145 Å². The number of hydrogen-bond donors (Lipinski definition) is 1. The molecule has 2 aromatic carbocycles. The molecule has 0 aliphatic rings. The van der Waals surface area contributed by atoms with Crippen molar-refractivity contribution in [2.24, 2.45) is 0 Å². The van der Waals surface area contributed by atoms with E-state index in [1.807, 2.05) is 6.07 Å². The lowest BCUT2D eigenvalue weighted by molar-refractivity contribution is -0.384. The van der Waals surface area contributed by atoms with Gasteiger partial charge in [0.05, 0.1) is 39.0 Å². The second-order valence-corrected chi connectivity index (χ2v) is 4.99. The summed E-state index contributed by atoms with van der Waals surface area (Å²) in [6.07, 6.45) is 0. The van der Waals surface area contributed by atoms with E-state index < -0.39 is 4.92 Å². The van der Waals surface area contributed by atoms with Gasteiger partial charge in [-0.15, -0.1) is 0 Å². The zero-order chi connectivity index (χ0) is 18.4. The second kappa shape index (κ2) is 8.09. The van der Waals surface area contributed by atoms with Crippen molar-refractivity contribution in [3.63, 3.8) is 0 Å². The maximum Gasteiger partial charge on any atom is 0.271 e. The highest BCUT2D eigenvalue weighted by Gasteiger charge is 2.17. The number of hydrogen-bond acceptors (Lipinski definition) is 7. The quantitative estimate of drug-likeness (QED) is 0.578. The average molecular weight is 348 g/mol. The molecule has 134 valence electrons. The summed E-state index contributed by atoms with van der Waals surface area (Å²) < 4.78 is 21.3. The maximum atomic E-state index is 11.0. The molecule has 25 heavy (non-hydrogen) atoms. The summed E-state index contributed by atoms with van der Waals surface area (Å²) in [6.45, 7) is 0.348. The van der Waals surface area contributed by atoms with Crippen molar-refractivity contribution in [3.05, 3.63) is 46.0 Å². The van der Waals surface area contributed by atoms with Gasteiger partial charge in [-0.05, 0) is 18.2 Å². The first-order valence-corrected chi connectivity index (χ1v) is 7.39. The van der Waals surface area contributed by atoms with Crippen LogP contribution in [-0.2, 0) is 6.54 Å². The third-order valence-electron chi connectivity index (χ3n) is 3.65. The van der Waals surface area contributed by atoms with Crippen LogP contribution >= 0.6 is 0 Å². The van der Waals surface area contributed by atoms with Crippen LogP contribution in [0.3, 0.4) is 0 Å². The number of nitro benzene ring substituents is 1. The predicted octanol–water partition coefficient (Wildman–Crippen LogP) is 3.24. The molecule has 0 saturated carbocycles. The van der Waals surface area contributed by atoms with Crippen LogP contribution in [0.25, 0.3) is 0 Å². The average Bonchev–Trinajstić information content (AvgIpc) is 2.64. The van der Waals surface area contributed by atoms with E-state index >= 15 is 0 Å². The van der Waals surface area contributed by atoms with E-state index in [-0.39, 0.29) is 5.69 Å². The van der Waals surface area contributed by atoms with Crippen LogP contribution in [-0.4, -0.2) is 33.4 Å². The van der Waals surface area contributed by atoms with Crippen molar-refractivity contribution in [2.45, 2.75) is 6.54 Å². The topological polar surface area (TPSA) is 92.1 Å². The third kappa shape index (κ3) is 3.85. The Morgan fingerprint density at radius 1 is 0.920 bits per heavy atom. The molecule has 0 unspecified atom stereocenters. The highest BCUT2D eigenvalue weighted by atomic mass is 16.6. The van der Waals surface area contributed by atoms with Crippen LogP contribution in [0.4, 0.5) is 11.4 Å². The van der Waals surface area contributed by atoms with Crippen molar-refractivity contribution >= 4 is 11.4 Å². The van der Waals surface area contributed by atoms with E-state index in [9.17, 15) is 10.1 Å². The number of nitro groups is 1. The first-order chi connectivity index (χ1) is 12.0. The third-order valence-corrected chi connectivity index (χ3v) is 3.65. The van der Waals surface area contributed by atoms with Crippen molar-refractivity contribution in [3.8, 4) is 23.0 Å². The van der Waals surface area contributed by atoms with Gasteiger partial charge in [0.1, 0.15) is 5.75 Å². The number of non-ortho nitro benzene ring substituents is 1. The number of benzene rings is 2. The highest BCUT2D eigenvalue weighted by Crippen LogP contribution is 2.40. The molecule has 0 aliphatic carbocycles. The minimum atomic E-state index is -0.457. The lowest BCUT2D eigenvalue weighted by Crippen LogP contribution is -2.05. The van der Waals surface area contributed by atoms with Crippen LogP contribution in [0.15, 0.2) is 30.3 Å². The maximum absolute atomic E-state index is 11.0. The Morgan fingerprint density at radius 2 is 1.56 bits per heavy atom. The van der Waals surface area contributed by atoms with Crippen molar-refractivity contribution < 1.29 is 23.9 Å². The van der Waals surface area contributed by atoms with Gasteiger partial charge in [0.25, 0.3) is 5.69 Å². The fourth-order valence-corrected chi connectivity index (χ4v) is 2.44. The number of anilines is 1. The van der Waals surface area contributed by atoms with Crippen LogP contribution in [0.5, 0.6) is 23.0 Å². The van der Waals surface area contributed by atoms with Crippen LogP contribution in [0, 0.1) is 10.1 Å². The van der Waals surface area contributed by atoms with E-state index in [1.165, 1.54) is 33.5 Å². The Hall–Kier alpha value is -3.16. The SMILES string of the molecule is COc1ccc([N+](=O)[O-])cc1NCc1ccc(OC)c(OC)c1OC. The molecule has 0 atom stereocenters. The molecule has 0 bridgehead atoms. The Bertz CT molecular complexity index is 763. The fraction of sp³-hybridized carbons (Fsp3) is 0.294. The minimum Gasteiger partial charge on any atom is -0.495 e. The minimum absolute atomic E-state index is 0.0254. The van der Waals surface area contributed by atoms with Crippen LogP contribution in [0.1, 0.15) is 5.56 Å². The summed E-state index contributed by atoms with van der Waals surface area (Å²) in [5.74, 6) is 2.06. The van der Waals surface area contributed by atoms with Gasteiger partial charge in [-0.3, -0.25) is 10.1 Å². The van der Waals surface area contributed by atoms with Crippen molar-refractivity contribution in [1.82, 2.24) is 0 Å². The van der Waals surface area contributed by atoms with E-state index in [0.29, 0.717) is 35.2 Å². The highest BCUT2D eigenvalue weighted by molar-refractivity contribution is 5.63. The van der Waals surface area contributed by atoms with Crippen LogP contribution < -0.4 is 24.3 Å². The largest absolute Gasteiger partial charge is 0.495 e. The lowest BCUT2D eigenvalue weighted by atomic mass is 10.1. The van der Waals surface area contributed by atoms with Gasteiger partial charge in [0.2, 0.25) is 5.75 Å². The molecule has 0 saturated heterocycles. The number of nitrogens with zero attached hydrogens (tertiary/aromatic N) is 1. The number of ether oxygens (including phenoxy) is 4. The molecule has 2 aromatic rings. The second-order valence-electron chi connectivity index (χ2n) is 4.99.